The summed E-state index contributed by atoms with van der Waals surface area (Å²) < 4.78 is 16.7. The van der Waals surface area contributed by atoms with Gasteiger partial charge in [-0.2, -0.15) is 4.98 Å². The summed E-state index contributed by atoms with van der Waals surface area (Å²) in [6.45, 7) is 1.16. The molecule has 4 rings (SSSR count). The number of hydrogen-bond donors (Lipinski definition) is 0. The second-order valence-electron chi connectivity index (χ2n) is 6.18. The van der Waals surface area contributed by atoms with Crippen LogP contribution in [0.25, 0.3) is 11.0 Å². The standard InChI is InChI=1S/C19H19N3O4/c1-24-17-10-20-11-18(21-17)25-14-6-4-8-22(12-14)19(23)16-9-13-5-2-3-7-15(13)26-16/h2-3,5,7,9-11,14H,4,6,8,12H2,1H3/t14-/m1/s1. The van der Waals surface area contributed by atoms with E-state index in [4.69, 9.17) is 13.9 Å². The summed E-state index contributed by atoms with van der Waals surface area (Å²) in [7, 11) is 1.53. The highest BCUT2D eigenvalue weighted by molar-refractivity contribution is 5.96. The maximum Gasteiger partial charge on any atom is 0.289 e. The Morgan fingerprint density at radius 1 is 1.27 bits per heavy atom. The number of rotatable bonds is 4. The second-order valence-corrected chi connectivity index (χ2v) is 6.18. The van der Waals surface area contributed by atoms with E-state index >= 15 is 0 Å². The van der Waals surface area contributed by atoms with Crippen LogP contribution in [0.15, 0.2) is 47.1 Å². The smallest absolute Gasteiger partial charge is 0.289 e. The highest BCUT2D eigenvalue weighted by Crippen LogP contribution is 2.23. The molecule has 1 fully saturated rings. The minimum Gasteiger partial charge on any atom is -0.480 e. The summed E-state index contributed by atoms with van der Waals surface area (Å²) in [5, 5.41) is 0.923. The average Bonchev–Trinajstić information content (AvgIpc) is 3.12. The predicted octanol–water partition coefficient (Wildman–Crippen LogP) is 2.92. The van der Waals surface area contributed by atoms with E-state index < -0.39 is 0 Å². The number of carbonyl (C=O) groups is 1. The highest BCUT2D eigenvalue weighted by Gasteiger charge is 2.28. The summed E-state index contributed by atoms with van der Waals surface area (Å²) in [6, 6.07) is 9.39. The zero-order valence-corrected chi connectivity index (χ0v) is 14.4. The molecule has 2 aromatic heterocycles. The maximum atomic E-state index is 12.8. The molecule has 26 heavy (non-hydrogen) atoms. The quantitative estimate of drug-likeness (QED) is 0.718. The molecule has 0 spiro atoms. The number of fused-ring (bicyclic) bond motifs is 1. The summed E-state index contributed by atoms with van der Waals surface area (Å²) >= 11 is 0. The largest absolute Gasteiger partial charge is 0.480 e. The predicted molar refractivity (Wildman–Crippen MR) is 94.4 cm³/mol. The van der Waals surface area contributed by atoms with Gasteiger partial charge in [0.15, 0.2) is 5.76 Å². The first-order chi connectivity index (χ1) is 12.7. The van der Waals surface area contributed by atoms with Gasteiger partial charge < -0.3 is 18.8 Å². The topological polar surface area (TPSA) is 77.7 Å². The monoisotopic (exact) mass is 353 g/mol. The van der Waals surface area contributed by atoms with Crippen molar-refractivity contribution in [1.82, 2.24) is 14.9 Å². The SMILES string of the molecule is COc1cncc(O[C@@H]2CCCN(C(=O)c3cc4ccccc4o3)C2)n1. The molecule has 1 aromatic carbocycles. The first kappa shape index (κ1) is 16.4. The Kier molecular flexibility index (Phi) is 4.43. The number of ether oxygens (including phenoxy) is 2. The molecule has 1 amide bonds. The van der Waals surface area contributed by atoms with E-state index in [1.165, 1.54) is 13.3 Å². The van der Waals surface area contributed by atoms with Crippen LogP contribution in [0, 0.1) is 0 Å². The Labute approximate surface area is 150 Å². The third-order valence-corrected chi connectivity index (χ3v) is 4.39. The van der Waals surface area contributed by atoms with E-state index in [1.807, 2.05) is 24.3 Å². The van der Waals surface area contributed by atoms with Gasteiger partial charge in [-0.15, -0.1) is 0 Å². The van der Waals surface area contributed by atoms with Gasteiger partial charge in [0.1, 0.15) is 11.7 Å². The van der Waals surface area contributed by atoms with E-state index in [0.29, 0.717) is 36.2 Å². The van der Waals surface area contributed by atoms with Crippen LogP contribution in [-0.4, -0.2) is 47.1 Å². The number of piperidine rings is 1. The number of hydrogen-bond acceptors (Lipinski definition) is 6. The van der Waals surface area contributed by atoms with Gasteiger partial charge in [-0.3, -0.25) is 9.78 Å². The van der Waals surface area contributed by atoms with Crippen LogP contribution in [0.1, 0.15) is 23.4 Å². The van der Waals surface area contributed by atoms with Crippen molar-refractivity contribution >= 4 is 16.9 Å². The van der Waals surface area contributed by atoms with Gasteiger partial charge in [-0.25, -0.2) is 0 Å². The number of methoxy groups -OCH3 is 1. The first-order valence-electron chi connectivity index (χ1n) is 8.53. The number of benzene rings is 1. The Morgan fingerprint density at radius 3 is 2.96 bits per heavy atom. The van der Waals surface area contributed by atoms with Crippen molar-refractivity contribution in [3.05, 3.63) is 48.5 Å². The van der Waals surface area contributed by atoms with Gasteiger partial charge in [0.2, 0.25) is 11.8 Å². The molecule has 1 aliphatic rings. The fraction of sp³-hybridized carbons (Fsp3) is 0.316. The molecule has 3 heterocycles. The zero-order chi connectivity index (χ0) is 17.9. The fourth-order valence-electron chi connectivity index (χ4n) is 3.12. The Bertz CT molecular complexity index is 891. The average molecular weight is 353 g/mol. The van der Waals surface area contributed by atoms with Crippen LogP contribution in [0.5, 0.6) is 11.8 Å². The molecule has 1 atom stereocenters. The zero-order valence-electron chi connectivity index (χ0n) is 14.4. The van der Waals surface area contributed by atoms with Gasteiger partial charge in [0.05, 0.1) is 26.0 Å². The van der Waals surface area contributed by atoms with Crippen LogP contribution in [0.3, 0.4) is 0 Å². The summed E-state index contributed by atoms with van der Waals surface area (Å²) in [5.74, 6) is 1.03. The molecule has 134 valence electrons. The molecule has 0 unspecified atom stereocenters. The van der Waals surface area contributed by atoms with Gasteiger partial charge in [0.25, 0.3) is 5.91 Å². The Balaban J connectivity index is 1.46. The molecular formula is C19H19N3O4. The summed E-state index contributed by atoms with van der Waals surface area (Å²) in [4.78, 5) is 22.8. The fourth-order valence-corrected chi connectivity index (χ4v) is 3.12. The van der Waals surface area contributed by atoms with E-state index in [-0.39, 0.29) is 12.0 Å². The lowest BCUT2D eigenvalue weighted by molar-refractivity contribution is 0.0500. The number of nitrogens with zero attached hydrogens (tertiary/aromatic N) is 3. The number of likely N-dealkylation sites (tertiary alicyclic amines) is 1. The molecule has 0 saturated carbocycles. The summed E-state index contributed by atoms with van der Waals surface area (Å²) in [5.41, 5.74) is 0.715. The lowest BCUT2D eigenvalue weighted by atomic mass is 10.1. The van der Waals surface area contributed by atoms with E-state index in [9.17, 15) is 4.79 Å². The minimum absolute atomic E-state index is 0.119. The normalized spacial score (nSPS) is 17.3. The van der Waals surface area contributed by atoms with Crippen LogP contribution in [-0.2, 0) is 0 Å². The van der Waals surface area contributed by atoms with Crippen molar-refractivity contribution in [2.24, 2.45) is 0 Å². The molecule has 0 aliphatic carbocycles. The van der Waals surface area contributed by atoms with Crippen molar-refractivity contribution in [1.29, 1.82) is 0 Å². The maximum absolute atomic E-state index is 12.8. The van der Waals surface area contributed by atoms with Gasteiger partial charge >= 0.3 is 0 Å². The number of carbonyl (C=O) groups excluding carboxylic acids is 1. The first-order valence-corrected chi connectivity index (χ1v) is 8.53. The lowest BCUT2D eigenvalue weighted by Crippen LogP contribution is -2.44. The molecule has 3 aromatic rings. The van der Waals surface area contributed by atoms with Crippen molar-refractivity contribution in [3.8, 4) is 11.8 Å². The lowest BCUT2D eigenvalue weighted by Gasteiger charge is -2.32. The highest BCUT2D eigenvalue weighted by atomic mass is 16.5. The van der Waals surface area contributed by atoms with Crippen molar-refractivity contribution < 1.29 is 18.7 Å². The Hall–Kier alpha value is -3.09. The van der Waals surface area contributed by atoms with Crippen molar-refractivity contribution in [3.63, 3.8) is 0 Å². The van der Waals surface area contributed by atoms with Gasteiger partial charge in [-0.05, 0) is 25.0 Å². The molecule has 0 radical (unpaired) electrons. The van der Waals surface area contributed by atoms with Crippen LogP contribution >= 0.6 is 0 Å². The molecule has 7 heteroatoms. The molecule has 7 nitrogen and oxygen atoms in total. The van der Waals surface area contributed by atoms with E-state index in [2.05, 4.69) is 9.97 Å². The number of amides is 1. The number of aromatic nitrogens is 2. The minimum atomic E-state index is -0.140. The van der Waals surface area contributed by atoms with Gasteiger partial charge in [0, 0.05) is 11.9 Å². The third kappa shape index (κ3) is 3.33. The third-order valence-electron chi connectivity index (χ3n) is 4.39. The summed E-state index contributed by atoms with van der Waals surface area (Å²) in [6.07, 6.45) is 4.63. The van der Waals surface area contributed by atoms with Crippen molar-refractivity contribution in [2.75, 3.05) is 20.2 Å². The van der Waals surface area contributed by atoms with Gasteiger partial charge in [-0.1, -0.05) is 18.2 Å². The molecule has 1 aliphatic heterocycles. The molecule has 0 bridgehead atoms. The Morgan fingerprint density at radius 2 is 2.12 bits per heavy atom. The molecule has 1 saturated heterocycles. The molecular weight excluding hydrogens is 334 g/mol. The number of furan rings is 1. The molecule has 0 N–H and O–H groups in total. The second kappa shape index (κ2) is 7.03. The van der Waals surface area contributed by atoms with E-state index in [1.54, 1.807) is 17.2 Å². The van der Waals surface area contributed by atoms with Crippen LogP contribution in [0.2, 0.25) is 0 Å². The van der Waals surface area contributed by atoms with Crippen molar-refractivity contribution in [2.45, 2.75) is 18.9 Å². The number of para-hydroxylation sites is 1. The van der Waals surface area contributed by atoms with E-state index in [0.717, 1.165) is 18.2 Å². The van der Waals surface area contributed by atoms with Crippen LogP contribution in [0.4, 0.5) is 0 Å². The van der Waals surface area contributed by atoms with Crippen LogP contribution < -0.4 is 9.47 Å².